The van der Waals surface area contributed by atoms with Crippen LogP contribution in [0.4, 0.5) is 5.82 Å². The van der Waals surface area contributed by atoms with Crippen LogP contribution < -0.4 is 10.6 Å². The zero-order chi connectivity index (χ0) is 8.93. The molecule has 1 aromatic rings. The van der Waals surface area contributed by atoms with Crippen molar-refractivity contribution >= 4 is 5.82 Å². The van der Waals surface area contributed by atoms with Crippen LogP contribution >= 0.6 is 0 Å². The number of hydrogen-bond acceptors (Lipinski definition) is 4. The van der Waals surface area contributed by atoms with E-state index in [1.54, 1.807) is 18.6 Å². The van der Waals surface area contributed by atoms with E-state index in [1.807, 2.05) is 0 Å². The molecule has 0 amide bonds. The number of piperidine rings is 1. The Morgan fingerprint density at radius 2 is 2.46 bits per heavy atom. The summed E-state index contributed by atoms with van der Waals surface area (Å²) in [7, 11) is 0. The number of nitrogens with one attached hydrogen (secondary N) is 2. The molecule has 2 N–H and O–H groups in total. The molecular weight excluding hydrogens is 164 g/mol. The lowest BCUT2D eigenvalue weighted by atomic mass is 10.1. The van der Waals surface area contributed by atoms with Crippen LogP contribution in [0.15, 0.2) is 18.6 Å². The summed E-state index contributed by atoms with van der Waals surface area (Å²) in [5.74, 6) is 0.871. The lowest BCUT2D eigenvalue weighted by molar-refractivity contribution is 0.479. The second kappa shape index (κ2) is 4.18. The lowest BCUT2D eigenvalue weighted by Crippen LogP contribution is -2.38. The fraction of sp³-hybridized carbons (Fsp3) is 0.556. The van der Waals surface area contributed by atoms with Crippen LogP contribution in [0.3, 0.4) is 0 Å². The van der Waals surface area contributed by atoms with E-state index in [4.69, 9.17) is 0 Å². The Kier molecular flexibility index (Phi) is 2.72. The molecule has 0 unspecified atom stereocenters. The van der Waals surface area contributed by atoms with Gasteiger partial charge in [-0.1, -0.05) is 0 Å². The zero-order valence-corrected chi connectivity index (χ0v) is 7.53. The fourth-order valence-electron chi connectivity index (χ4n) is 1.56. The summed E-state index contributed by atoms with van der Waals surface area (Å²) < 4.78 is 0. The molecule has 0 bridgehead atoms. The van der Waals surface area contributed by atoms with E-state index >= 15 is 0 Å². The highest BCUT2D eigenvalue weighted by Gasteiger charge is 2.12. The zero-order valence-electron chi connectivity index (χ0n) is 7.53. The van der Waals surface area contributed by atoms with Crippen molar-refractivity contribution in [2.24, 2.45) is 0 Å². The summed E-state index contributed by atoms with van der Waals surface area (Å²) >= 11 is 0. The smallest absolute Gasteiger partial charge is 0.144 e. The summed E-state index contributed by atoms with van der Waals surface area (Å²) in [6, 6.07) is 0.505. The molecule has 1 aliphatic rings. The van der Waals surface area contributed by atoms with Gasteiger partial charge in [-0.2, -0.15) is 0 Å². The number of rotatable bonds is 2. The van der Waals surface area contributed by atoms with Gasteiger partial charge in [0, 0.05) is 25.0 Å². The molecule has 1 fully saturated rings. The van der Waals surface area contributed by atoms with Gasteiger partial charge in [-0.3, -0.25) is 4.98 Å². The van der Waals surface area contributed by atoms with Gasteiger partial charge < -0.3 is 10.6 Å². The third-order valence-corrected chi connectivity index (χ3v) is 2.21. The lowest BCUT2D eigenvalue weighted by Gasteiger charge is -2.23. The standard InChI is InChI=1S/C9H14N4/c1-2-8(6-10-3-1)13-9-7-11-4-5-12-9/h4-5,7-8,10H,1-3,6H2,(H,12,13)/t8-/m1/s1. The highest BCUT2D eigenvalue weighted by atomic mass is 15.1. The maximum Gasteiger partial charge on any atom is 0.144 e. The van der Waals surface area contributed by atoms with E-state index in [1.165, 1.54) is 12.8 Å². The molecule has 0 aliphatic carbocycles. The van der Waals surface area contributed by atoms with E-state index in [2.05, 4.69) is 20.6 Å². The first-order valence-corrected chi connectivity index (χ1v) is 4.68. The Morgan fingerprint density at radius 1 is 1.46 bits per heavy atom. The van der Waals surface area contributed by atoms with Gasteiger partial charge in [-0.15, -0.1) is 0 Å². The Bertz CT molecular complexity index is 243. The van der Waals surface area contributed by atoms with Crippen molar-refractivity contribution < 1.29 is 0 Å². The van der Waals surface area contributed by atoms with Crippen molar-refractivity contribution in [1.29, 1.82) is 0 Å². The Labute approximate surface area is 77.8 Å². The molecule has 0 saturated carbocycles. The van der Waals surface area contributed by atoms with Crippen LogP contribution in [0.2, 0.25) is 0 Å². The Balaban J connectivity index is 1.90. The Hall–Kier alpha value is -1.16. The van der Waals surface area contributed by atoms with Crippen molar-refractivity contribution in [1.82, 2.24) is 15.3 Å². The molecular formula is C9H14N4. The molecule has 1 saturated heterocycles. The topological polar surface area (TPSA) is 49.8 Å². The number of hydrogen-bond donors (Lipinski definition) is 2. The van der Waals surface area contributed by atoms with Crippen molar-refractivity contribution in [3.63, 3.8) is 0 Å². The highest BCUT2D eigenvalue weighted by molar-refractivity contribution is 5.31. The van der Waals surface area contributed by atoms with Crippen LogP contribution in [0, 0.1) is 0 Å². The molecule has 0 aromatic carbocycles. The molecule has 2 heterocycles. The first kappa shape index (κ1) is 8.44. The predicted molar refractivity (Wildman–Crippen MR) is 51.5 cm³/mol. The van der Waals surface area contributed by atoms with Crippen molar-refractivity contribution in [3.05, 3.63) is 18.6 Å². The van der Waals surface area contributed by atoms with Crippen molar-refractivity contribution in [3.8, 4) is 0 Å². The van der Waals surface area contributed by atoms with E-state index in [9.17, 15) is 0 Å². The second-order valence-corrected chi connectivity index (χ2v) is 3.28. The molecule has 1 aliphatic heterocycles. The molecule has 13 heavy (non-hydrogen) atoms. The van der Waals surface area contributed by atoms with Gasteiger partial charge in [0.15, 0.2) is 0 Å². The second-order valence-electron chi connectivity index (χ2n) is 3.28. The van der Waals surface area contributed by atoms with Crippen molar-refractivity contribution in [2.75, 3.05) is 18.4 Å². The minimum Gasteiger partial charge on any atom is -0.365 e. The molecule has 1 atom stereocenters. The van der Waals surface area contributed by atoms with Gasteiger partial charge in [0.25, 0.3) is 0 Å². The average molecular weight is 178 g/mol. The van der Waals surface area contributed by atoms with Gasteiger partial charge in [0.2, 0.25) is 0 Å². The minimum atomic E-state index is 0.505. The highest BCUT2D eigenvalue weighted by Crippen LogP contribution is 2.07. The third-order valence-electron chi connectivity index (χ3n) is 2.21. The first-order valence-electron chi connectivity index (χ1n) is 4.68. The maximum absolute atomic E-state index is 4.17. The number of aromatic nitrogens is 2. The molecule has 0 spiro atoms. The SMILES string of the molecule is c1cnc(N[C@@H]2CCCNC2)cn1. The fourth-order valence-corrected chi connectivity index (χ4v) is 1.56. The van der Waals surface area contributed by atoms with Gasteiger partial charge in [-0.05, 0) is 19.4 Å². The van der Waals surface area contributed by atoms with Crippen molar-refractivity contribution in [2.45, 2.75) is 18.9 Å². The van der Waals surface area contributed by atoms with Crippen LogP contribution in [0.5, 0.6) is 0 Å². The molecule has 4 nitrogen and oxygen atoms in total. The van der Waals surface area contributed by atoms with Crippen LogP contribution in [-0.2, 0) is 0 Å². The quantitative estimate of drug-likeness (QED) is 0.697. The van der Waals surface area contributed by atoms with Crippen LogP contribution in [0.1, 0.15) is 12.8 Å². The number of anilines is 1. The van der Waals surface area contributed by atoms with Crippen LogP contribution in [-0.4, -0.2) is 29.1 Å². The van der Waals surface area contributed by atoms with Crippen LogP contribution in [0.25, 0.3) is 0 Å². The van der Waals surface area contributed by atoms with E-state index < -0.39 is 0 Å². The Morgan fingerprint density at radius 3 is 3.15 bits per heavy atom. The molecule has 4 heteroatoms. The van der Waals surface area contributed by atoms with E-state index in [-0.39, 0.29) is 0 Å². The summed E-state index contributed by atoms with van der Waals surface area (Å²) in [5, 5.41) is 6.69. The normalized spacial score (nSPS) is 22.6. The minimum absolute atomic E-state index is 0.505. The van der Waals surface area contributed by atoms with Gasteiger partial charge in [0.05, 0.1) is 6.20 Å². The summed E-state index contributed by atoms with van der Waals surface area (Å²) in [6.07, 6.45) is 7.60. The summed E-state index contributed by atoms with van der Waals surface area (Å²) in [5.41, 5.74) is 0. The van der Waals surface area contributed by atoms with E-state index in [0.717, 1.165) is 18.9 Å². The maximum atomic E-state index is 4.17. The monoisotopic (exact) mass is 178 g/mol. The van der Waals surface area contributed by atoms with Gasteiger partial charge in [0.1, 0.15) is 5.82 Å². The molecule has 0 radical (unpaired) electrons. The van der Waals surface area contributed by atoms with Gasteiger partial charge in [-0.25, -0.2) is 4.98 Å². The summed E-state index contributed by atoms with van der Waals surface area (Å²) in [6.45, 7) is 2.16. The van der Waals surface area contributed by atoms with Gasteiger partial charge >= 0.3 is 0 Å². The first-order chi connectivity index (χ1) is 6.45. The number of nitrogens with zero attached hydrogens (tertiary/aromatic N) is 2. The largest absolute Gasteiger partial charge is 0.365 e. The third kappa shape index (κ3) is 2.39. The summed E-state index contributed by atoms with van der Waals surface area (Å²) in [4.78, 5) is 8.18. The van der Waals surface area contributed by atoms with E-state index in [0.29, 0.717) is 6.04 Å². The average Bonchev–Trinajstić information content (AvgIpc) is 2.21. The molecule has 2 rings (SSSR count). The molecule has 70 valence electrons. The molecule has 1 aromatic heterocycles. The predicted octanol–water partition coefficient (Wildman–Crippen LogP) is 0.640.